The molecule has 2 aliphatic heterocycles. The van der Waals surface area contributed by atoms with Gasteiger partial charge in [-0.2, -0.15) is 0 Å². The quantitative estimate of drug-likeness (QED) is 0.0967. The van der Waals surface area contributed by atoms with Crippen LogP contribution in [0.25, 0.3) is 0 Å². The maximum Gasteiger partial charge on any atom is 0.246 e. The van der Waals surface area contributed by atoms with Crippen molar-refractivity contribution in [1.82, 2.24) is 52.3 Å². The molecule has 2 aromatic carbocycles. The molecule has 18 heteroatoms. The van der Waals surface area contributed by atoms with Crippen LogP contribution in [-0.2, 0) is 51.2 Å². The predicted octanol–water partition coefficient (Wildman–Crippen LogP) is 0.561. The van der Waals surface area contributed by atoms with Gasteiger partial charge in [0.15, 0.2) is 0 Å². The molecular formula is C52H68N10O8. The Bertz CT molecular complexity index is 2220. The van der Waals surface area contributed by atoms with Crippen molar-refractivity contribution < 1.29 is 38.4 Å². The van der Waals surface area contributed by atoms with E-state index in [0.29, 0.717) is 38.8 Å². The van der Waals surface area contributed by atoms with Crippen LogP contribution in [-0.4, -0.2) is 134 Å². The van der Waals surface area contributed by atoms with E-state index in [0.717, 1.165) is 49.7 Å². The lowest BCUT2D eigenvalue weighted by atomic mass is 9.87. The van der Waals surface area contributed by atoms with Crippen molar-refractivity contribution >= 4 is 47.3 Å². The fourth-order valence-electron chi connectivity index (χ4n) is 9.58. The van der Waals surface area contributed by atoms with Crippen molar-refractivity contribution in [2.75, 3.05) is 40.3 Å². The van der Waals surface area contributed by atoms with Gasteiger partial charge in [-0.05, 0) is 126 Å². The highest BCUT2D eigenvalue weighted by molar-refractivity contribution is 5.97. The fraction of sp³-hybridized carbons (Fsp3) is 0.538. The van der Waals surface area contributed by atoms with E-state index in [2.05, 4.69) is 78.3 Å². The molecular weight excluding hydrogens is 893 g/mol. The van der Waals surface area contributed by atoms with E-state index < -0.39 is 71.7 Å². The molecule has 374 valence electrons. The summed E-state index contributed by atoms with van der Waals surface area (Å²) >= 11 is 0. The molecule has 0 aromatic heterocycles. The minimum absolute atomic E-state index is 0.128. The number of fused-ring (bicyclic) bond motifs is 2. The van der Waals surface area contributed by atoms with E-state index in [1.165, 1.54) is 20.9 Å². The van der Waals surface area contributed by atoms with Gasteiger partial charge in [-0.1, -0.05) is 60.4 Å². The van der Waals surface area contributed by atoms with Crippen LogP contribution in [0.2, 0.25) is 0 Å². The van der Waals surface area contributed by atoms with Gasteiger partial charge in [0, 0.05) is 13.1 Å². The Hall–Kier alpha value is -6.76. The summed E-state index contributed by atoms with van der Waals surface area (Å²) in [7, 11) is 3.21. The van der Waals surface area contributed by atoms with E-state index in [9.17, 15) is 38.4 Å². The van der Waals surface area contributed by atoms with Crippen LogP contribution in [0.4, 0.5) is 0 Å². The Morgan fingerprint density at radius 2 is 0.971 bits per heavy atom. The molecule has 2 saturated heterocycles. The fourth-order valence-corrected chi connectivity index (χ4v) is 9.58. The normalized spacial score (nSPS) is 20.7. The Kier molecular flexibility index (Phi) is 19.3. The van der Waals surface area contributed by atoms with Gasteiger partial charge < -0.3 is 52.3 Å². The van der Waals surface area contributed by atoms with Gasteiger partial charge in [0.25, 0.3) is 0 Å². The van der Waals surface area contributed by atoms with Crippen LogP contribution in [0.5, 0.6) is 0 Å². The van der Waals surface area contributed by atoms with Gasteiger partial charge in [-0.15, -0.1) is 0 Å². The number of likely N-dealkylation sites (tertiary alicyclic amines) is 2. The first kappa shape index (κ1) is 52.6. The summed E-state index contributed by atoms with van der Waals surface area (Å²) in [5.41, 5.74) is 4.55. The summed E-state index contributed by atoms with van der Waals surface area (Å²) in [4.78, 5) is 111. The number of carbonyl (C=O) groups excluding carboxylic acids is 8. The third kappa shape index (κ3) is 13.9. The second-order valence-electron chi connectivity index (χ2n) is 18.4. The smallest absolute Gasteiger partial charge is 0.246 e. The molecule has 18 nitrogen and oxygen atoms in total. The zero-order chi connectivity index (χ0) is 50.2. The zero-order valence-corrected chi connectivity index (χ0v) is 40.7. The molecule has 0 unspecified atom stereocenters. The number of nitrogens with one attached hydrogen (secondary N) is 8. The summed E-state index contributed by atoms with van der Waals surface area (Å²) in [6.07, 6.45) is 6.66. The molecule has 0 radical (unpaired) electrons. The van der Waals surface area contributed by atoms with Gasteiger partial charge in [0.05, 0.1) is 50.1 Å². The van der Waals surface area contributed by atoms with E-state index in [1.807, 2.05) is 36.4 Å². The van der Waals surface area contributed by atoms with Gasteiger partial charge >= 0.3 is 0 Å². The van der Waals surface area contributed by atoms with Gasteiger partial charge in [0.1, 0.15) is 24.2 Å². The number of likely N-dealkylation sites (N-methyl/N-ethyl adjacent to an activating group) is 2. The van der Waals surface area contributed by atoms with Crippen LogP contribution in [0.3, 0.4) is 0 Å². The number of hydrogen-bond acceptors (Lipinski definition) is 10. The first-order valence-electron chi connectivity index (χ1n) is 24.6. The number of carbonyl (C=O) groups is 8. The highest BCUT2D eigenvalue weighted by Gasteiger charge is 2.41. The Labute approximate surface area is 410 Å². The zero-order valence-electron chi connectivity index (χ0n) is 40.7. The van der Waals surface area contributed by atoms with E-state index in [1.54, 1.807) is 27.9 Å². The molecule has 0 bridgehead atoms. The molecule has 70 heavy (non-hydrogen) atoms. The third-order valence-electron chi connectivity index (χ3n) is 13.7. The van der Waals surface area contributed by atoms with Crippen LogP contribution in [0.15, 0.2) is 48.5 Å². The predicted molar refractivity (Wildman–Crippen MR) is 262 cm³/mol. The maximum atomic E-state index is 14.0. The number of benzene rings is 2. The third-order valence-corrected chi connectivity index (χ3v) is 13.7. The topological polar surface area (TPSA) is 239 Å². The molecule has 2 aliphatic carbocycles. The van der Waals surface area contributed by atoms with E-state index >= 15 is 0 Å². The average Bonchev–Trinajstić information content (AvgIpc) is 4.08. The standard InChI is InChI=1S/C52H68N10O8/c1-33(53-3)47(65)59-41(51(69)61-29-15-25-43(61)49(67)57-39-23-13-19-35-17-7-9-21-37(35)39)31-45(63)55-27-11-5-6-12-28-56-46(64)32-42(60-48(66)34(2)54-4)52(70)62-30-16-26-44(62)50(68)58-40-24-14-20-36-18-8-10-22-38(36)40/h7-10,17-18,21-22,33-34,39-44,53-54H,13-16,19-20,23-32H2,1-4H3,(H,55,63)(H,56,64)(H,57,67)(H,58,68)(H,59,65)(H,60,66)/t33-,34-,39+,40+,41-,42-,43-,44-/m0/s1. The Balaban J connectivity index is 0.992. The Morgan fingerprint density at radius 3 is 1.37 bits per heavy atom. The number of amides is 8. The highest BCUT2D eigenvalue weighted by atomic mass is 16.2. The largest absolute Gasteiger partial charge is 0.347 e. The first-order chi connectivity index (χ1) is 33.8. The van der Waals surface area contributed by atoms with Crippen molar-refractivity contribution in [2.24, 2.45) is 0 Å². The van der Waals surface area contributed by atoms with E-state index in [4.69, 9.17) is 0 Å². The van der Waals surface area contributed by atoms with Crippen LogP contribution < -0.4 is 42.5 Å². The van der Waals surface area contributed by atoms with E-state index in [-0.39, 0.29) is 49.8 Å². The van der Waals surface area contributed by atoms with Gasteiger partial charge in [0.2, 0.25) is 47.3 Å². The SMILES string of the molecule is CN[C@@H](C)C(=O)N[C@@H](CC(=O)NCC#CC#CCNC(=O)C[C@H](NC(=O)[C@H](C)NC)C(=O)N1CCC[C@H]1C(=O)N[C@@H]1CCCc2ccccc21)C(=O)N1CCC[C@H]1C(=O)N[C@@H]1CCCc2ccccc21. The molecule has 4 aliphatic rings. The van der Waals surface area contributed by atoms with Crippen LogP contribution in [0, 0.1) is 23.7 Å². The molecule has 2 heterocycles. The van der Waals surface area contributed by atoms with Crippen molar-refractivity contribution in [3.8, 4) is 23.7 Å². The highest BCUT2D eigenvalue weighted by Crippen LogP contribution is 2.32. The molecule has 2 aromatic rings. The first-order valence-corrected chi connectivity index (χ1v) is 24.6. The van der Waals surface area contributed by atoms with Crippen molar-refractivity contribution in [3.05, 3.63) is 70.8 Å². The van der Waals surface area contributed by atoms with Crippen LogP contribution >= 0.6 is 0 Å². The van der Waals surface area contributed by atoms with Gasteiger partial charge in [-0.3, -0.25) is 38.4 Å². The van der Waals surface area contributed by atoms with Crippen molar-refractivity contribution in [3.63, 3.8) is 0 Å². The lowest BCUT2D eigenvalue weighted by molar-refractivity contribution is -0.143. The summed E-state index contributed by atoms with van der Waals surface area (Å²) in [5.74, 6) is 6.97. The summed E-state index contributed by atoms with van der Waals surface area (Å²) in [6, 6.07) is 10.5. The Morgan fingerprint density at radius 1 is 0.571 bits per heavy atom. The lowest BCUT2D eigenvalue weighted by Gasteiger charge is -2.31. The molecule has 8 atom stereocenters. The molecule has 8 amide bonds. The molecule has 0 saturated carbocycles. The molecule has 2 fully saturated rings. The van der Waals surface area contributed by atoms with Crippen molar-refractivity contribution in [1.29, 1.82) is 0 Å². The average molecular weight is 961 g/mol. The number of hydrogen-bond donors (Lipinski definition) is 8. The summed E-state index contributed by atoms with van der Waals surface area (Å²) in [5, 5.41) is 22.6. The monoisotopic (exact) mass is 961 g/mol. The number of rotatable bonds is 18. The van der Waals surface area contributed by atoms with Crippen molar-refractivity contribution in [2.45, 2.75) is 139 Å². The number of nitrogens with zero attached hydrogens (tertiary/aromatic N) is 2. The minimum Gasteiger partial charge on any atom is -0.347 e. The lowest BCUT2D eigenvalue weighted by Crippen LogP contribution is -2.56. The molecule has 8 N–H and O–H groups in total. The summed E-state index contributed by atoms with van der Waals surface area (Å²) in [6.45, 7) is 3.61. The minimum atomic E-state index is -1.24. The second-order valence-corrected chi connectivity index (χ2v) is 18.4. The van der Waals surface area contributed by atoms with Crippen LogP contribution in [0.1, 0.15) is 112 Å². The molecule has 0 spiro atoms. The summed E-state index contributed by atoms with van der Waals surface area (Å²) < 4.78 is 0. The second kappa shape index (κ2) is 25.7. The van der Waals surface area contributed by atoms with Gasteiger partial charge in [-0.25, -0.2) is 0 Å². The molecule has 6 rings (SSSR count). The number of aryl methyl sites for hydroxylation is 2. The maximum absolute atomic E-state index is 14.0.